The van der Waals surface area contributed by atoms with Crippen LogP contribution in [-0.2, 0) is 14.1 Å². The second-order valence-corrected chi connectivity index (χ2v) is 4.56. The molecule has 4 nitrogen and oxygen atoms in total. The zero-order chi connectivity index (χ0) is 14.7. The molecular formula is C8H11F6NO3S. The lowest BCUT2D eigenvalue weighted by atomic mass is 10.2. The maximum atomic E-state index is 12.9. The molecule has 0 radical (unpaired) electrons. The molecule has 1 aliphatic heterocycles. The van der Waals surface area contributed by atoms with Gasteiger partial charge in [0.15, 0.2) is 0 Å². The van der Waals surface area contributed by atoms with Crippen LogP contribution in [0.4, 0.5) is 26.3 Å². The predicted molar refractivity (Wildman–Crippen MR) is 52.7 cm³/mol. The average molecular weight is 315 g/mol. The first-order valence-corrected chi connectivity index (χ1v) is 5.81. The van der Waals surface area contributed by atoms with Gasteiger partial charge in [0.05, 0.1) is 26.3 Å². The van der Waals surface area contributed by atoms with Crippen LogP contribution in [-0.4, -0.2) is 48.5 Å². The molecular weight excluding hydrogens is 304 g/mol. The van der Waals surface area contributed by atoms with Crippen molar-refractivity contribution in [2.75, 3.05) is 26.3 Å². The molecule has 1 rings (SSSR count). The summed E-state index contributed by atoms with van der Waals surface area (Å²) in [5.41, 5.74) is 0. The molecule has 1 saturated heterocycles. The number of hydroxylamine groups is 2. The summed E-state index contributed by atoms with van der Waals surface area (Å²) >= 11 is -1.16. The van der Waals surface area contributed by atoms with Crippen molar-refractivity contribution >= 4 is 12.0 Å². The summed E-state index contributed by atoms with van der Waals surface area (Å²) in [5, 5.41) is -4.10. The molecule has 0 aromatic carbocycles. The second kappa shape index (κ2) is 6.04. The summed E-state index contributed by atoms with van der Waals surface area (Å²) in [5.74, 6) is -10.5. The van der Waals surface area contributed by atoms with E-state index in [9.17, 15) is 26.3 Å². The van der Waals surface area contributed by atoms with Crippen molar-refractivity contribution in [1.82, 2.24) is 5.06 Å². The molecule has 0 atom stereocenters. The molecule has 0 N–H and O–H groups in total. The van der Waals surface area contributed by atoms with Crippen LogP contribution in [0.2, 0.25) is 0 Å². The summed E-state index contributed by atoms with van der Waals surface area (Å²) in [6.07, 6.45) is 0. The van der Waals surface area contributed by atoms with Crippen molar-refractivity contribution in [2.24, 2.45) is 0 Å². The Kier molecular flexibility index (Phi) is 5.35. The van der Waals surface area contributed by atoms with Crippen molar-refractivity contribution in [2.45, 2.75) is 24.0 Å². The van der Waals surface area contributed by atoms with E-state index >= 15 is 0 Å². The minimum Gasteiger partial charge on any atom is -0.379 e. The van der Waals surface area contributed by atoms with E-state index in [1.807, 2.05) is 0 Å². The van der Waals surface area contributed by atoms with Crippen LogP contribution in [0.5, 0.6) is 0 Å². The Balaban J connectivity index is 2.45. The smallest absolute Gasteiger partial charge is 0.379 e. The van der Waals surface area contributed by atoms with Crippen LogP contribution >= 0.6 is 12.0 Å². The predicted octanol–water partition coefficient (Wildman–Crippen LogP) is 2.71. The summed E-state index contributed by atoms with van der Waals surface area (Å²) < 4.78 is 85.0. The van der Waals surface area contributed by atoms with Crippen LogP contribution in [0.1, 0.15) is 6.92 Å². The number of hydrogen-bond acceptors (Lipinski definition) is 5. The van der Waals surface area contributed by atoms with Gasteiger partial charge in [0.2, 0.25) is 0 Å². The van der Waals surface area contributed by atoms with Crippen LogP contribution in [0, 0.1) is 0 Å². The van der Waals surface area contributed by atoms with Crippen LogP contribution in [0.25, 0.3) is 0 Å². The second-order valence-electron chi connectivity index (χ2n) is 3.75. The quantitative estimate of drug-likeness (QED) is 0.326. The third-order valence-corrected chi connectivity index (χ3v) is 2.76. The molecule has 0 aromatic heterocycles. The lowest BCUT2D eigenvalue weighted by Gasteiger charge is -2.29. The Bertz CT molecular complexity index is 295. The monoisotopic (exact) mass is 315 g/mol. The Morgan fingerprint density at radius 3 is 2.05 bits per heavy atom. The number of ether oxygens (including phenoxy) is 1. The standard InChI is InChI=1S/C8H11F6NO3S/c1-6(9,10)7(11,12)8(13,14)19-18-17-15-2-4-16-5-3-15/h2-5H2,1H3. The highest BCUT2D eigenvalue weighted by Crippen LogP contribution is 2.51. The van der Waals surface area contributed by atoms with E-state index in [0.29, 0.717) is 0 Å². The van der Waals surface area contributed by atoms with Gasteiger partial charge in [-0.3, -0.25) is 0 Å². The molecule has 19 heavy (non-hydrogen) atoms. The van der Waals surface area contributed by atoms with Gasteiger partial charge in [0, 0.05) is 6.92 Å². The summed E-state index contributed by atoms with van der Waals surface area (Å²) in [6.45, 7) is 0.532. The van der Waals surface area contributed by atoms with Gasteiger partial charge >= 0.3 is 17.1 Å². The van der Waals surface area contributed by atoms with Gasteiger partial charge in [0.25, 0.3) is 0 Å². The normalized spacial score (nSPS) is 19.7. The minimum absolute atomic E-state index is 0.173. The number of rotatable bonds is 6. The number of nitrogens with zero attached hydrogens (tertiary/aromatic N) is 1. The van der Waals surface area contributed by atoms with Gasteiger partial charge in [-0.25, -0.2) is 0 Å². The molecule has 114 valence electrons. The maximum absolute atomic E-state index is 12.9. The Morgan fingerprint density at radius 2 is 1.58 bits per heavy atom. The highest BCUT2D eigenvalue weighted by Gasteiger charge is 2.70. The molecule has 0 aromatic rings. The van der Waals surface area contributed by atoms with Gasteiger partial charge in [0.1, 0.15) is 12.0 Å². The first-order chi connectivity index (χ1) is 8.58. The molecule has 0 bridgehead atoms. The average Bonchev–Trinajstić information content (AvgIpc) is 2.28. The molecule has 0 spiro atoms. The topological polar surface area (TPSA) is 30.9 Å². The van der Waals surface area contributed by atoms with E-state index in [0.717, 1.165) is 5.06 Å². The molecule has 0 aliphatic carbocycles. The summed E-state index contributed by atoms with van der Waals surface area (Å²) in [7, 11) is 0. The fourth-order valence-electron chi connectivity index (χ4n) is 1.03. The lowest BCUT2D eigenvalue weighted by Crippen LogP contribution is -2.51. The Labute approximate surface area is 109 Å². The lowest BCUT2D eigenvalue weighted by molar-refractivity contribution is -0.374. The number of hydrogen-bond donors (Lipinski definition) is 0. The van der Waals surface area contributed by atoms with Gasteiger partial charge in [-0.05, 0) is 0 Å². The van der Waals surface area contributed by atoms with E-state index in [1.165, 1.54) is 0 Å². The number of alkyl halides is 6. The summed E-state index contributed by atoms with van der Waals surface area (Å²) in [4.78, 5) is 4.28. The first-order valence-electron chi connectivity index (χ1n) is 5.06. The van der Waals surface area contributed by atoms with E-state index < -0.39 is 29.1 Å². The van der Waals surface area contributed by atoms with Crippen molar-refractivity contribution in [3.63, 3.8) is 0 Å². The molecule has 1 heterocycles. The van der Waals surface area contributed by atoms with Gasteiger partial charge in [-0.2, -0.15) is 31.4 Å². The fraction of sp³-hybridized carbons (Fsp3) is 1.00. The van der Waals surface area contributed by atoms with Gasteiger partial charge < -0.3 is 4.74 Å². The van der Waals surface area contributed by atoms with Crippen LogP contribution < -0.4 is 0 Å². The van der Waals surface area contributed by atoms with Crippen molar-refractivity contribution < 1.29 is 40.4 Å². The third-order valence-electron chi connectivity index (χ3n) is 2.16. The molecule has 0 amide bonds. The number of morpholine rings is 1. The van der Waals surface area contributed by atoms with E-state index in [1.54, 1.807) is 0 Å². The van der Waals surface area contributed by atoms with Gasteiger partial charge in [-0.1, -0.05) is 0 Å². The number of halogens is 6. The molecule has 0 saturated carbocycles. The zero-order valence-electron chi connectivity index (χ0n) is 9.68. The Morgan fingerprint density at radius 1 is 1.05 bits per heavy atom. The molecule has 0 unspecified atom stereocenters. The van der Waals surface area contributed by atoms with Crippen molar-refractivity contribution in [1.29, 1.82) is 0 Å². The molecule has 1 aliphatic rings. The largest absolute Gasteiger partial charge is 0.389 e. The first kappa shape index (κ1) is 16.8. The van der Waals surface area contributed by atoms with Crippen LogP contribution in [0.3, 0.4) is 0 Å². The molecule has 1 fully saturated rings. The van der Waals surface area contributed by atoms with Crippen LogP contribution in [0.15, 0.2) is 0 Å². The van der Waals surface area contributed by atoms with Gasteiger partial charge in [-0.15, -0.1) is 9.32 Å². The third kappa shape index (κ3) is 4.12. The summed E-state index contributed by atoms with van der Waals surface area (Å²) in [6, 6.07) is 0. The van der Waals surface area contributed by atoms with Crippen molar-refractivity contribution in [3.05, 3.63) is 0 Å². The zero-order valence-corrected chi connectivity index (χ0v) is 10.5. The van der Waals surface area contributed by atoms with E-state index in [2.05, 4.69) is 9.32 Å². The highest BCUT2D eigenvalue weighted by atomic mass is 32.2. The van der Waals surface area contributed by atoms with E-state index in [4.69, 9.17) is 4.74 Å². The minimum atomic E-state index is -5.57. The maximum Gasteiger partial charge on any atom is 0.389 e. The van der Waals surface area contributed by atoms with E-state index in [-0.39, 0.29) is 33.2 Å². The molecule has 11 heteroatoms. The van der Waals surface area contributed by atoms with Crippen molar-refractivity contribution in [3.8, 4) is 0 Å². The highest BCUT2D eigenvalue weighted by molar-refractivity contribution is 7.95. The Hall–Kier alpha value is -0.230. The SMILES string of the molecule is CC(F)(F)C(F)(F)C(F)(F)SOON1CCOCC1. The fourth-order valence-corrected chi connectivity index (χ4v) is 1.52.